The normalized spacial score (nSPS) is 12.0. The zero-order valence-electron chi connectivity index (χ0n) is 9.43. The van der Waals surface area contributed by atoms with Crippen molar-refractivity contribution in [3.63, 3.8) is 0 Å². The van der Waals surface area contributed by atoms with Gasteiger partial charge in [0, 0.05) is 32.4 Å². The highest BCUT2D eigenvalue weighted by Gasteiger charge is 2.26. The fraction of sp³-hybridized carbons (Fsp3) is 0.700. The Kier molecular flexibility index (Phi) is 4.88. The van der Waals surface area contributed by atoms with Crippen molar-refractivity contribution in [2.75, 3.05) is 26.4 Å². The lowest BCUT2D eigenvalue weighted by atomic mass is 10.0. The zero-order valence-corrected chi connectivity index (χ0v) is 9.43. The van der Waals surface area contributed by atoms with Crippen LogP contribution in [-0.2, 0) is 13.5 Å². The largest absolute Gasteiger partial charge is 0.394 e. The molecule has 92 valence electrons. The molecule has 0 amide bonds. The quantitative estimate of drug-likeness (QED) is 0.446. The average molecular weight is 229 g/mol. The minimum atomic E-state index is -1.01. The highest BCUT2D eigenvalue weighted by Crippen LogP contribution is 2.02. The van der Waals surface area contributed by atoms with Crippen LogP contribution in [0.5, 0.6) is 0 Å². The van der Waals surface area contributed by atoms with E-state index in [1.807, 2.05) is 17.8 Å². The van der Waals surface area contributed by atoms with E-state index in [4.69, 9.17) is 15.3 Å². The molecular formula is C10H19N3O3. The number of aryl methyl sites for hydroxylation is 1. The van der Waals surface area contributed by atoms with Crippen LogP contribution in [0.2, 0.25) is 0 Å². The fourth-order valence-corrected chi connectivity index (χ4v) is 1.39. The molecule has 0 bridgehead atoms. The summed E-state index contributed by atoms with van der Waals surface area (Å²) in [5.41, 5.74) is -1.01. The van der Waals surface area contributed by atoms with Gasteiger partial charge in [0.05, 0.1) is 25.4 Å². The van der Waals surface area contributed by atoms with E-state index in [2.05, 4.69) is 10.3 Å². The summed E-state index contributed by atoms with van der Waals surface area (Å²) < 4.78 is 1.90. The molecule has 1 aromatic heterocycles. The van der Waals surface area contributed by atoms with E-state index in [0.717, 1.165) is 5.82 Å². The molecule has 0 aliphatic rings. The topological polar surface area (TPSA) is 90.5 Å². The minimum Gasteiger partial charge on any atom is -0.394 e. The van der Waals surface area contributed by atoms with Crippen molar-refractivity contribution in [3.8, 4) is 0 Å². The van der Waals surface area contributed by atoms with E-state index in [1.54, 1.807) is 6.20 Å². The van der Waals surface area contributed by atoms with Gasteiger partial charge in [-0.25, -0.2) is 4.98 Å². The Morgan fingerprint density at radius 2 is 1.94 bits per heavy atom. The third-order valence-electron chi connectivity index (χ3n) is 2.68. The van der Waals surface area contributed by atoms with Gasteiger partial charge < -0.3 is 25.2 Å². The molecule has 4 N–H and O–H groups in total. The number of nitrogens with one attached hydrogen (secondary N) is 1. The third kappa shape index (κ3) is 3.02. The molecule has 0 aliphatic heterocycles. The van der Waals surface area contributed by atoms with Crippen LogP contribution < -0.4 is 5.32 Å². The maximum Gasteiger partial charge on any atom is 0.109 e. The Bertz CT molecular complexity index is 302. The van der Waals surface area contributed by atoms with Crippen LogP contribution in [0.1, 0.15) is 5.82 Å². The van der Waals surface area contributed by atoms with Gasteiger partial charge in [-0.3, -0.25) is 0 Å². The Morgan fingerprint density at radius 3 is 2.38 bits per heavy atom. The summed E-state index contributed by atoms with van der Waals surface area (Å²) in [5, 5.41) is 30.2. The zero-order chi connectivity index (χ0) is 12.0. The van der Waals surface area contributed by atoms with Gasteiger partial charge in [-0.1, -0.05) is 0 Å². The summed E-state index contributed by atoms with van der Waals surface area (Å²) in [7, 11) is 1.90. The number of aromatic nitrogens is 2. The first kappa shape index (κ1) is 13.1. The van der Waals surface area contributed by atoms with Crippen molar-refractivity contribution in [1.29, 1.82) is 0 Å². The van der Waals surface area contributed by atoms with Gasteiger partial charge in [-0.05, 0) is 0 Å². The molecule has 0 fully saturated rings. The molecule has 0 saturated carbocycles. The average Bonchev–Trinajstić information content (AvgIpc) is 2.71. The van der Waals surface area contributed by atoms with Crippen molar-refractivity contribution in [2.24, 2.45) is 7.05 Å². The van der Waals surface area contributed by atoms with Gasteiger partial charge >= 0.3 is 0 Å². The number of hydrogen-bond acceptors (Lipinski definition) is 5. The van der Waals surface area contributed by atoms with Crippen molar-refractivity contribution in [2.45, 2.75) is 12.0 Å². The smallest absolute Gasteiger partial charge is 0.109 e. The van der Waals surface area contributed by atoms with Gasteiger partial charge in [0.25, 0.3) is 0 Å². The first-order valence-corrected chi connectivity index (χ1v) is 5.21. The van der Waals surface area contributed by atoms with Crippen LogP contribution in [-0.4, -0.2) is 56.8 Å². The molecule has 0 atom stereocenters. The highest BCUT2D eigenvalue weighted by molar-refractivity contribution is 4.93. The van der Waals surface area contributed by atoms with Crippen LogP contribution in [0.25, 0.3) is 0 Å². The van der Waals surface area contributed by atoms with Crippen molar-refractivity contribution in [1.82, 2.24) is 14.9 Å². The number of aliphatic hydroxyl groups is 3. The molecule has 0 saturated heterocycles. The van der Waals surface area contributed by atoms with Crippen LogP contribution in [0, 0.1) is 0 Å². The second-order valence-electron chi connectivity index (χ2n) is 3.89. The predicted molar refractivity (Wildman–Crippen MR) is 58.9 cm³/mol. The maximum absolute atomic E-state index is 9.08. The summed E-state index contributed by atoms with van der Waals surface area (Å²) in [6.07, 6.45) is 4.24. The van der Waals surface area contributed by atoms with Gasteiger partial charge in [0.15, 0.2) is 0 Å². The fourth-order valence-electron chi connectivity index (χ4n) is 1.39. The van der Waals surface area contributed by atoms with Crippen LogP contribution in [0.15, 0.2) is 12.4 Å². The molecule has 1 rings (SSSR count). The second-order valence-corrected chi connectivity index (χ2v) is 3.89. The summed E-state index contributed by atoms with van der Waals surface area (Å²) in [5.74, 6) is 0.912. The molecule has 1 heterocycles. The summed E-state index contributed by atoms with van der Waals surface area (Å²) in [6.45, 7) is -0.381. The molecule has 0 unspecified atom stereocenters. The standard InChI is InChI=1S/C10H19N3O3/c1-13-5-4-11-9(13)2-3-12-10(6-14,7-15)8-16/h4-5,12,14-16H,2-3,6-8H2,1H3. The number of rotatable bonds is 7. The molecular weight excluding hydrogens is 210 g/mol. The first-order valence-electron chi connectivity index (χ1n) is 5.21. The lowest BCUT2D eigenvalue weighted by molar-refractivity contribution is 0.0430. The van der Waals surface area contributed by atoms with Gasteiger partial charge in [-0.15, -0.1) is 0 Å². The molecule has 0 spiro atoms. The molecule has 0 aliphatic carbocycles. The van der Waals surface area contributed by atoms with Gasteiger partial charge in [-0.2, -0.15) is 0 Å². The second kappa shape index (κ2) is 5.95. The maximum atomic E-state index is 9.08. The van der Waals surface area contributed by atoms with Gasteiger partial charge in [0.1, 0.15) is 5.82 Å². The first-order chi connectivity index (χ1) is 7.67. The van der Waals surface area contributed by atoms with Gasteiger partial charge in [0.2, 0.25) is 0 Å². The Labute approximate surface area is 94.6 Å². The molecule has 16 heavy (non-hydrogen) atoms. The van der Waals surface area contributed by atoms with Crippen LogP contribution >= 0.6 is 0 Å². The number of hydrogen-bond donors (Lipinski definition) is 4. The van der Waals surface area contributed by atoms with Crippen LogP contribution in [0.4, 0.5) is 0 Å². The van der Waals surface area contributed by atoms with E-state index in [-0.39, 0.29) is 19.8 Å². The monoisotopic (exact) mass is 229 g/mol. The number of nitrogens with zero attached hydrogens (tertiary/aromatic N) is 2. The summed E-state index contributed by atoms with van der Waals surface area (Å²) >= 11 is 0. The Hall–Kier alpha value is -0.950. The lowest BCUT2D eigenvalue weighted by Crippen LogP contribution is -2.55. The van der Waals surface area contributed by atoms with Crippen molar-refractivity contribution >= 4 is 0 Å². The summed E-state index contributed by atoms with van der Waals surface area (Å²) in [6, 6.07) is 0. The van der Waals surface area contributed by atoms with E-state index in [1.165, 1.54) is 0 Å². The Morgan fingerprint density at radius 1 is 1.31 bits per heavy atom. The highest BCUT2D eigenvalue weighted by atomic mass is 16.3. The SMILES string of the molecule is Cn1ccnc1CCNC(CO)(CO)CO. The molecule has 0 aromatic carbocycles. The van der Waals surface area contributed by atoms with Crippen LogP contribution in [0.3, 0.4) is 0 Å². The molecule has 6 nitrogen and oxygen atoms in total. The summed E-state index contributed by atoms with van der Waals surface area (Å²) in [4.78, 5) is 4.15. The Balaban J connectivity index is 2.42. The molecule has 0 radical (unpaired) electrons. The van der Waals surface area contributed by atoms with E-state index < -0.39 is 5.54 Å². The van der Waals surface area contributed by atoms with E-state index >= 15 is 0 Å². The van der Waals surface area contributed by atoms with E-state index in [0.29, 0.717) is 13.0 Å². The number of aliphatic hydroxyl groups excluding tert-OH is 3. The lowest BCUT2D eigenvalue weighted by Gasteiger charge is -2.28. The van der Waals surface area contributed by atoms with E-state index in [9.17, 15) is 0 Å². The number of imidazole rings is 1. The van der Waals surface area contributed by atoms with Crippen molar-refractivity contribution < 1.29 is 15.3 Å². The molecule has 1 aromatic rings. The van der Waals surface area contributed by atoms with Crippen molar-refractivity contribution in [3.05, 3.63) is 18.2 Å². The minimum absolute atomic E-state index is 0.305. The molecule has 6 heteroatoms. The predicted octanol–water partition coefficient (Wildman–Crippen LogP) is -1.73. The third-order valence-corrected chi connectivity index (χ3v) is 2.68.